The number of benzene rings is 2. The minimum absolute atomic E-state index is 0.131. The molecule has 0 aliphatic heterocycles. The maximum atomic E-state index is 12.6. The molecule has 0 aliphatic rings. The van der Waals surface area contributed by atoms with Gasteiger partial charge in [0, 0.05) is 6.54 Å². The molecule has 150 valence electrons. The number of aliphatic hydroxyl groups excluding tert-OH is 1. The van der Waals surface area contributed by atoms with E-state index in [9.17, 15) is 9.90 Å². The van der Waals surface area contributed by atoms with Gasteiger partial charge in [-0.3, -0.25) is 4.79 Å². The number of hydrogen-bond acceptors (Lipinski definition) is 5. The van der Waals surface area contributed by atoms with Crippen molar-refractivity contribution in [2.75, 3.05) is 26.8 Å². The van der Waals surface area contributed by atoms with Crippen molar-refractivity contribution in [3.8, 4) is 11.5 Å². The van der Waals surface area contributed by atoms with E-state index in [1.807, 2.05) is 30.3 Å². The Hall–Kier alpha value is -2.63. The van der Waals surface area contributed by atoms with Crippen molar-refractivity contribution < 1.29 is 19.4 Å². The molecular formula is C23H29NO4. The summed E-state index contributed by atoms with van der Waals surface area (Å²) in [5, 5.41) is 13.2. The molecule has 5 nitrogen and oxygen atoms in total. The number of hydrogen-bond donors (Lipinski definition) is 2. The second kappa shape index (κ2) is 12.0. The fourth-order valence-corrected chi connectivity index (χ4v) is 2.59. The van der Waals surface area contributed by atoms with Gasteiger partial charge in [-0.1, -0.05) is 43.7 Å². The van der Waals surface area contributed by atoms with Crippen LogP contribution in [0, 0.1) is 0 Å². The van der Waals surface area contributed by atoms with Gasteiger partial charge in [-0.15, -0.1) is 0 Å². The molecule has 2 N–H and O–H groups in total. The molecule has 0 saturated heterocycles. The van der Waals surface area contributed by atoms with Crippen LogP contribution < -0.4 is 14.8 Å². The summed E-state index contributed by atoms with van der Waals surface area (Å²) in [4.78, 5) is 12.6. The van der Waals surface area contributed by atoms with E-state index in [4.69, 9.17) is 9.47 Å². The van der Waals surface area contributed by atoms with E-state index < -0.39 is 6.10 Å². The van der Waals surface area contributed by atoms with Gasteiger partial charge >= 0.3 is 0 Å². The summed E-state index contributed by atoms with van der Waals surface area (Å²) < 4.78 is 10.8. The Kier molecular flexibility index (Phi) is 9.25. The van der Waals surface area contributed by atoms with Gasteiger partial charge in [0.1, 0.15) is 24.2 Å². The molecule has 0 bridgehead atoms. The lowest BCUT2D eigenvalue weighted by atomic mass is 10.1. The van der Waals surface area contributed by atoms with Gasteiger partial charge in [-0.05, 0) is 48.9 Å². The van der Waals surface area contributed by atoms with E-state index in [-0.39, 0.29) is 12.4 Å². The molecule has 0 heterocycles. The first kappa shape index (κ1) is 21.7. The summed E-state index contributed by atoms with van der Waals surface area (Å²) in [7, 11) is 1.61. The van der Waals surface area contributed by atoms with Crippen molar-refractivity contribution in [3.63, 3.8) is 0 Å². The average Bonchev–Trinajstić information content (AvgIpc) is 2.74. The minimum Gasteiger partial charge on any atom is -0.497 e. The van der Waals surface area contributed by atoms with Crippen LogP contribution in [-0.2, 0) is 0 Å². The fourth-order valence-electron chi connectivity index (χ4n) is 2.59. The summed E-state index contributed by atoms with van der Waals surface area (Å²) in [6, 6.07) is 14.5. The highest BCUT2D eigenvalue weighted by Gasteiger charge is 2.11. The third kappa shape index (κ3) is 7.18. The smallest absolute Gasteiger partial charge is 0.189 e. The zero-order valence-electron chi connectivity index (χ0n) is 16.6. The molecule has 0 fully saturated rings. The van der Waals surface area contributed by atoms with Gasteiger partial charge in [0.15, 0.2) is 5.78 Å². The van der Waals surface area contributed by atoms with Gasteiger partial charge in [0.05, 0.1) is 12.7 Å². The maximum absolute atomic E-state index is 12.6. The van der Waals surface area contributed by atoms with E-state index in [1.165, 1.54) is 6.08 Å². The summed E-state index contributed by atoms with van der Waals surface area (Å²) in [6.07, 6.45) is 4.83. The van der Waals surface area contributed by atoms with Gasteiger partial charge in [-0.25, -0.2) is 0 Å². The highest BCUT2D eigenvalue weighted by molar-refractivity contribution is 6.08. The van der Waals surface area contributed by atoms with Gasteiger partial charge < -0.3 is 19.9 Å². The molecule has 5 heteroatoms. The van der Waals surface area contributed by atoms with Gasteiger partial charge in [-0.2, -0.15) is 0 Å². The molecule has 2 rings (SSSR count). The van der Waals surface area contributed by atoms with E-state index in [0.29, 0.717) is 17.9 Å². The lowest BCUT2D eigenvalue weighted by Gasteiger charge is -2.14. The minimum atomic E-state index is -0.630. The van der Waals surface area contributed by atoms with E-state index >= 15 is 0 Å². The average molecular weight is 383 g/mol. The van der Waals surface area contributed by atoms with Crippen LogP contribution in [0.15, 0.2) is 54.6 Å². The second-order valence-corrected chi connectivity index (χ2v) is 6.49. The number of allylic oxidation sites excluding steroid dienone is 1. The molecule has 0 saturated carbocycles. The normalized spacial score (nSPS) is 12.1. The quantitative estimate of drug-likeness (QED) is 0.332. The van der Waals surface area contributed by atoms with E-state index in [1.54, 1.807) is 31.4 Å². The first-order chi connectivity index (χ1) is 13.6. The molecule has 0 amide bonds. The monoisotopic (exact) mass is 383 g/mol. The SMILES string of the molecule is CCCCNCC(O)COc1ccccc1C(=O)/C=C/c1ccc(OC)cc1. The van der Waals surface area contributed by atoms with E-state index in [2.05, 4.69) is 12.2 Å². The van der Waals surface area contributed by atoms with Gasteiger partial charge in [0.25, 0.3) is 0 Å². The van der Waals surface area contributed by atoms with Crippen molar-refractivity contribution in [2.24, 2.45) is 0 Å². The third-order valence-corrected chi connectivity index (χ3v) is 4.21. The number of aliphatic hydroxyl groups is 1. The van der Waals surface area contributed by atoms with Crippen LogP contribution in [0.4, 0.5) is 0 Å². The Morgan fingerprint density at radius 3 is 2.64 bits per heavy atom. The van der Waals surface area contributed by atoms with Crippen molar-refractivity contribution in [1.82, 2.24) is 5.32 Å². The molecule has 2 aromatic rings. The number of carbonyl (C=O) groups excluding carboxylic acids is 1. The zero-order valence-corrected chi connectivity index (χ0v) is 16.6. The number of ketones is 1. The topological polar surface area (TPSA) is 67.8 Å². The van der Waals surface area contributed by atoms with Crippen LogP contribution in [-0.4, -0.2) is 43.8 Å². The maximum Gasteiger partial charge on any atom is 0.189 e. The number of para-hydroxylation sites is 1. The van der Waals surface area contributed by atoms with Gasteiger partial charge in [0.2, 0.25) is 0 Å². The summed E-state index contributed by atoms with van der Waals surface area (Å²) in [5.41, 5.74) is 1.37. The number of methoxy groups -OCH3 is 1. The summed E-state index contributed by atoms with van der Waals surface area (Å²) in [6.45, 7) is 3.59. The largest absolute Gasteiger partial charge is 0.497 e. The number of rotatable bonds is 12. The van der Waals surface area contributed by atoms with Crippen molar-refractivity contribution in [3.05, 3.63) is 65.7 Å². The highest BCUT2D eigenvalue weighted by atomic mass is 16.5. The number of nitrogens with one attached hydrogen (secondary N) is 1. The second-order valence-electron chi connectivity index (χ2n) is 6.49. The predicted molar refractivity (Wildman–Crippen MR) is 112 cm³/mol. The number of ether oxygens (including phenoxy) is 2. The Balaban J connectivity index is 1.94. The number of unbranched alkanes of at least 4 members (excludes halogenated alkanes) is 1. The van der Waals surface area contributed by atoms with Crippen LogP contribution in [0.2, 0.25) is 0 Å². The fraction of sp³-hybridized carbons (Fsp3) is 0.348. The zero-order chi connectivity index (χ0) is 20.2. The Labute approximate surface area is 167 Å². The van der Waals surface area contributed by atoms with Crippen LogP contribution in [0.25, 0.3) is 6.08 Å². The molecular weight excluding hydrogens is 354 g/mol. The Morgan fingerprint density at radius 1 is 1.18 bits per heavy atom. The number of carbonyl (C=O) groups is 1. The molecule has 2 aromatic carbocycles. The first-order valence-corrected chi connectivity index (χ1v) is 9.61. The molecule has 0 spiro atoms. The van der Waals surface area contributed by atoms with Crippen molar-refractivity contribution in [2.45, 2.75) is 25.9 Å². The summed E-state index contributed by atoms with van der Waals surface area (Å²) >= 11 is 0. The lowest BCUT2D eigenvalue weighted by molar-refractivity contribution is 0.0994. The molecule has 28 heavy (non-hydrogen) atoms. The van der Waals surface area contributed by atoms with Crippen LogP contribution in [0.1, 0.15) is 35.7 Å². The molecule has 0 aliphatic carbocycles. The van der Waals surface area contributed by atoms with Crippen LogP contribution >= 0.6 is 0 Å². The molecule has 1 atom stereocenters. The lowest BCUT2D eigenvalue weighted by Crippen LogP contribution is -2.32. The first-order valence-electron chi connectivity index (χ1n) is 9.61. The molecule has 0 aromatic heterocycles. The van der Waals surface area contributed by atoms with Crippen LogP contribution in [0.3, 0.4) is 0 Å². The molecule has 0 radical (unpaired) electrons. The van der Waals surface area contributed by atoms with E-state index in [0.717, 1.165) is 30.7 Å². The predicted octanol–water partition coefficient (Wildman–Crippen LogP) is 3.72. The standard InChI is InChI=1S/C23H29NO4/c1-3-4-15-24-16-19(25)17-28-23-8-6-5-7-21(23)22(26)14-11-18-9-12-20(27-2)13-10-18/h5-14,19,24-25H,3-4,15-17H2,1-2H3/b14-11+. The molecule has 1 unspecified atom stereocenters. The van der Waals surface area contributed by atoms with Crippen LogP contribution in [0.5, 0.6) is 11.5 Å². The Bertz CT molecular complexity index is 755. The summed E-state index contributed by atoms with van der Waals surface area (Å²) in [5.74, 6) is 1.09. The Morgan fingerprint density at radius 2 is 1.93 bits per heavy atom. The van der Waals surface area contributed by atoms with Crippen molar-refractivity contribution in [1.29, 1.82) is 0 Å². The highest BCUT2D eigenvalue weighted by Crippen LogP contribution is 2.20. The third-order valence-electron chi connectivity index (χ3n) is 4.21. The van der Waals surface area contributed by atoms with Crippen molar-refractivity contribution >= 4 is 11.9 Å².